The second-order valence-electron chi connectivity index (χ2n) is 3.62. The van der Waals surface area contributed by atoms with Crippen molar-refractivity contribution < 1.29 is 8.42 Å². The molecule has 0 aromatic heterocycles. The fourth-order valence-electron chi connectivity index (χ4n) is 1.21. The summed E-state index contributed by atoms with van der Waals surface area (Å²) in [7, 11) is -2.96. The normalized spacial score (nSPS) is 11.2. The van der Waals surface area contributed by atoms with E-state index in [4.69, 9.17) is 29.6 Å². The van der Waals surface area contributed by atoms with Crippen LogP contribution in [0.15, 0.2) is 18.2 Å². The molecule has 0 atom stereocenters. The van der Waals surface area contributed by atoms with E-state index in [9.17, 15) is 8.42 Å². The Morgan fingerprint density at radius 3 is 2.65 bits per heavy atom. The molecule has 0 saturated heterocycles. The van der Waals surface area contributed by atoms with E-state index >= 15 is 0 Å². The van der Waals surface area contributed by atoms with E-state index in [-0.39, 0.29) is 10.7 Å². The Labute approximate surface area is 111 Å². The largest absolute Gasteiger partial charge is 0.389 e. The molecule has 0 aliphatic rings. The van der Waals surface area contributed by atoms with Crippen LogP contribution < -0.4 is 11.1 Å². The van der Waals surface area contributed by atoms with Gasteiger partial charge in [0.05, 0.1) is 10.8 Å². The number of anilines is 1. The second kappa shape index (κ2) is 5.66. The number of sulfone groups is 1. The third kappa shape index (κ3) is 4.89. The molecule has 0 amide bonds. The number of thiocarbonyl (C=S) groups is 1. The van der Waals surface area contributed by atoms with E-state index < -0.39 is 9.84 Å². The summed E-state index contributed by atoms with van der Waals surface area (Å²) in [5.41, 5.74) is 6.81. The molecule has 0 spiro atoms. The lowest BCUT2D eigenvalue weighted by Gasteiger charge is -2.08. The van der Waals surface area contributed by atoms with Crippen LogP contribution in [0.4, 0.5) is 5.69 Å². The van der Waals surface area contributed by atoms with Crippen LogP contribution >= 0.6 is 23.8 Å². The van der Waals surface area contributed by atoms with Crippen molar-refractivity contribution >= 4 is 44.3 Å². The van der Waals surface area contributed by atoms with Crippen molar-refractivity contribution in [3.63, 3.8) is 0 Å². The highest BCUT2D eigenvalue weighted by Gasteiger charge is 2.05. The zero-order valence-electron chi connectivity index (χ0n) is 9.23. The van der Waals surface area contributed by atoms with Crippen molar-refractivity contribution in [3.8, 4) is 0 Å². The molecule has 0 bridgehead atoms. The van der Waals surface area contributed by atoms with Crippen LogP contribution in [0.3, 0.4) is 0 Å². The SMILES string of the molecule is CS(=O)(=O)CCNc1ccc(C(N)=S)c(Cl)c1. The zero-order valence-corrected chi connectivity index (χ0v) is 11.6. The summed E-state index contributed by atoms with van der Waals surface area (Å²) in [5, 5.41) is 3.41. The first-order valence-corrected chi connectivity index (χ1v) is 7.65. The van der Waals surface area contributed by atoms with E-state index in [1.54, 1.807) is 18.2 Å². The van der Waals surface area contributed by atoms with Crippen LogP contribution in [-0.4, -0.2) is 32.0 Å². The number of benzene rings is 1. The first-order valence-electron chi connectivity index (χ1n) is 4.80. The number of nitrogens with one attached hydrogen (secondary N) is 1. The Hall–Kier alpha value is -0.850. The van der Waals surface area contributed by atoms with Crippen LogP contribution in [-0.2, 0) is 9.84 Å². The van der Waals surface area contributed by atoms with E-state index in [2.05, 4.69) is 5.32 Å². The van der Waals surface area contributed by atoms with Gasteiger partial charge in [-0.2, -0.15) is 0 Å². The predicted octanol–water partition coefficient (Wildman–Crippen LogP) is 1.43. The van der Waals surface area contributed by atoms with Crippen LogP contribution in [0.5, 0.6) is 0 Å². The average Bonchev–Trinajstić information content (AvgIpc) is 2.15. The maximum atomic E-state index is 10.9. The minimum absolute atomic E-state index is 0.0711. The quantitative estimate of drug-likeness (QED) is 0.803. The number of hydrogen-bond donors (Lipinski definition) is 2. The van der Waals surface area contributed by atoms with Gasteiger partial charge in [-0.15, -0.1) is 0 Å². The zero-order chi connectivity index (χ0) is 13.1. The minimum atomic E-state index is -2.96. The van der Waals surface area contributed by atoms with Gasteiger partial charge in [-0.05, 0) is 18.2 Å². The molecule has 0 aliphatic heterocycles. The molecule has 0 heterocycles. The van der Waals surface area contributed by atoms with Gasteiger partial charge in [-0.1, -0.05) is 23.8 Å². The van der Waals surface area contributed by atoms with Crippen LogP contribution in [0.25, 0.3) is 0 Å². The highest BCUT2D eigenvalue weighted by molar-refractivity contribution is 7.90. The molecular formula is C10H13ClN2O2S2. The Bertz CT molecular complexity index is 529. The number of halogens is 1. The number of hydrogen-bond acceptors (Lipinski definition) is 4. The number of nitrogens with two attached hydrogens (primary N) is 1. The van der Waals surface area contributed by atoms with Crippen molar-refractivity contribution in [1.29, 1.82) is 0 Å². The molecule has 0 fully saturated rings. The molecule has 94 valence electrons. The van der Waals surface area contributed by atoms with Crippen molar-refractivity contribution in [1.82, 2.24) is 0 Å². The summed E-state index contributed by atoms with van der Waals surface area (Å²) in [5.74, 6) is 0.0711. The first-order chi connectivity index (χ1) is 7.79. The summed E-state index contributed by atoms with van der Waals surface area (Å²) in [6.45, 7) is 0.335. The summed E-state index contributed by atoms with van der Waals surface area (Å²) in [6.07, 6.45) is 1.19. The van der Waals surface area contributed by atoms with Gasteiger partial charge < -0.3 is 11.1 Å². The Morgan fingerprint density at radius 2 is 2.18 bits per heavy atom. The monoisotopic (exact) mass is 292 g/mol. The minimum Gasteiger partial charge on any atom is -0.389 e. The highest BCUT2D eigenvalue weighted by Crippen LogP contribution is 2.20. The fourth-order valence-corrected chi connectivity index (χ4v) is 2.19. The fraction of sp³-hybridized carbons (Fsp3) is 0.300. The molecule has 0 unspecified atom stereocenters. The van der Waals surface area contributed by atoms with E-state index in [1.165, 1.54) is 6.26 Å². The number of rotatable bonds is 5. The Kier molecular flexibility index (Phi) is 4.73. The maximum absolute atomic E-state index is 10.9. The molecule has 17 heavy (non-hydrogen) atoms. The molecule has 0 saturated carbocycles. The molecular weight excluding hydrogens is 280 g/mol. The van der Waals surface area contributed by atoms with Gasteiger partial charge >= 0.3 is 0 Å². The highest BCUT2D eigenvalue weighted by atomic mass is 35.5. The topological polar surface area (TPSA) is 72.2 Å². The predicted molar refractivity (Wildman–Crippen MR) is 75.5 cm³/mol. The van der Waals surface area contributed by atoms with Gasteiger partial charge in [0, 0.05) is 24.1 Å². The maximum Gasteiger partial charge on any atom is 0.149 e. The summed E-state index contributed by atoms with van der Waals surface area (Å²) in [6, 6.07) is 5.12. The van der Waals surface area contributed by atoms with Gasteiger partial charge in [0.2, 0.25) is 0 Å². The molecule has 0 aliphatic carbocycles. The van der Waals surface area contributed by atoms with Crippen LogP contribution in [0, 0.1) is 0 Å². The van der Waals surface area contributed by atoms with Crippen molar-refractivity contribution in [2.24, 2.45) is 5.73 Å². The van der Waals surface area contributed by atoms with E-state index in [1.807, 2.05) is 0 Å². The second-order valence-corrected chi connectivity index (χ2v) is 6.72. The lowest BCUT2D eigenvalue weighted by atomic mass is 10.2. The van der Waals surface area contributed by atoms with E-state index in [0.717, 1.165) is 5.69 Å². The van der Waals surface area contributed by atoms with Crippen molar-refractivity contribution in [2.45, 2.75) is 0 Å². The van der Waals surface area contributed by atoms with Gasteiger partial charge in [0.1, 0.15) is 14.8 Å². The third-order valence-electron chi connectivity index (χ3n) is 2.04. The molecule has 7 heteroatoms. The van der Waals surface area contributed by atoms with Gasteiger partial charge in [-0.25, -0.2) is 8.42 Å². The first kappa shape index (κ1) is 14.2. The van der Waals surface area contributed by atoms with Crippen LogP contribution in [0.2, 0.25) is 5.02 Å². The average molecular weight is 293 g/mol. The standard InChI is InChI=1S/C10H13ClN2O2S2/c1-17(14,15)5-4-13-7-2-3-8(10(12)16)9(11)6-7/h2-3,6,13H,4-5H2,1H3,(H2,12,16). The Balaban J connectivity index is 2.68. The molecule has 0 radical (unpaired) electrons. The smallest absolute Gasteiger partial charge is 0.149 e. The Morgan fingerprint density at radius 1 is 1.53 bits per heavy atom. The van der Waals surface area contributed by atoms with Gasteiger partial charge in [0.25, 0.3) is 0 Å². The van der Waals surface area contributed by atoms with Crippen LogP contribution in [0.1, 0.15) is 5.56 Å². The van der Waals surface area contributed by atoms with Crippen molar-refractivity contribution in [2.75, 3.05) is 23.9 Å². The third-order valence-corrected chi connectivity index (χ3v) is 3.51. The van der Waals surface area contributed by atoms with Gasteiger partial charge in [0.15, 0.2) is 0 Å². The summed E-state index contributed by atoms with van der Waals surface area (Å²) < 4.78 is 21.9. The summed E-state index contributed by atoms with van der Waals surface area (Å²) >= 11 is 10.8. The van der Waals surface area contributed by atoms with E-state index in [0.29, 0.717) is 17.1 Å². The molecule has 4 nitrogen and oxygen atoms in total. The lowest BCUT2D eigenvalue weighted by Crippen LogP contribution is -2.14. The summed E-state index contributed by atoms with van der Waals surface area (Å²) in [4.78, 5) is 0.234. The molecule has 1 rings (SSSR count). The lowest BCUT2D eigenvalue weighted by molar-refractivity contribution is 0.602. The van der Waals surface area contributed by atoms with Crippen molar-refractivity contribution in [3.05, 3.63) is 28.8 Å². The molecule has 1 aromatic rings. The molecule has 1 aromatic carbocycles. The molecule has 3 N–H and O–H groups in total. The van der Waals surface area contributed by atoms with Gasteiger partial charge in [-0.3, -0.25) is 0 Å².